The van der Waals surface area contributed by atoms with Gasteiger partial charge in [-0.1, -0.05) is 24.3 Å². The highest BCUT2D eigenvalue weighted by Crippen LogP contribution is 2.44. The molecule has 0 radical (unpaired) electrons. The van der Waals surface area contributed by atoms with Crippen molar-refractivity contribution in [3.8, 4) is 5.75 Å². The number of piperidine rings is 2. The maximum absolute atomic E-state index is 13.6. The smallest absolute Gasteiger partial charge is 0.214 e. The number of para-hydroxylation sites is 1. The topological polar surface area (TPSA) is 67.3 Å². The number of hydrogen-bond acceptors (Lipinski definition) is 6. The number of benzene rings is 2. The molecule has 0 unspecified atom stereocenters. The Balaban J connectivity index is 1.06. The van der Waals surface area contributed by atoms with Crippen LogP contribution in [0.3, 0.4) is 0 Å². The molecular weight excluding hydrogens is 484 g/mol. The van der Waals surface area contributed by atoms with Crippen molar-refractivity contribution in [1.29, 1.82) is 0 Å². The lowest BCUT2D eigenvalue weighted by Crippen LogP contribution is -2.57. The maximum Gasteiger partial charge on any atom is 0.214 e. The molecule has 3 fully saturated rings. The van der Waals surface area contributed by atoms with Crippen LogP contribution in [0.1, 0.15) is 42.9 Å². The summed E-state index contributed by atoms with van der Waals surface area (Å²) in [6.45, 7) is 7.42. The van der Waals surface area contributed by atoms with E-state index in [0.717, 1.165) is 71.5 Å². The first-order valence-electron chi connectivity index (χ1n) is 14.1. The Morgan fingerprint density at radius 3 is 2.57 bits per heavy atom. The monoisotopic (exact) mass is 524 g/mol. The van der Waals surface area contributed by atoms with Gasteiger partial charge in [0.1, 0.15) is 5.75 Å². The van der Waals surface area contributed by atoms with E-state index in [1.54, 1.807) is 6.07 Å². The summed E-state index contributed by atoms with van der Waals surface area (Å²) in [6.07, 6.45) is 4.60. The van der Waals surface area contributed by atoms with E-state index in [1.165, 1.54) is 16.8 Å². The zero-order valence-electron chi connectivity index (χ0n) is 21.7. The molecule has 2 aromatic rings. The van der Waals surface area contributed by atoms with Crippen LogP contribution in [-0.2, 0) is 16.4 Å². The molecule has 3 atom stereocenters. The van der Waals surface area contributed by atoms with Gasteiger partial charge in [0.05, 0.1) is 5.75 Å². The number of fused-ring (bicyclic) bond motifs is 4. The van der Waals surface area contributed by atoms with Gasteiger partial charge in [-0.25, -0.2) is 8.42 Å². The van der Waals surface area contributed by atoms with Crippen molar-refractivity contribution in [1.82, 2.24) is 14.1 Å². The molecular formula is C29H40N4O3S. The maximum atomic E-state index is 13.6. The summed E-state index contributed by atoms with van der Waals surface area (Å²) >= 11 is 0. The predicted octanol–water partition coefficient (Wildman–Crippen LogP) is 3.32. The Labute approximate surface area is 221 Å². The van der Waals surface area contributed by atoms with E-state index < -0.39 is 10.0 Å². The van der Waals surface area contributed by atoms with Crippen molar-refractivity contribution < 1.29 is 13.5 Å². The molecule has 0 aliphatic carbocycles. The molecule has 6 rings (SSSR count). The van der Waals surface area contributed by atoms with Crippen molar-refractivity contribution in [3.05, 3.63) is 59.7 Å². The summed E-state index contributed by atoms with van der Waals surface area (Å²) in [7, 11) is -3.29. The number of sulfonamides is 1. The average molecular weight is 525 g/mol. The van der Waals surface area contributed by atoms with Crippen LogP contribution in [-0.4, -0.2) is 91.8 Å². The highest BCUT2D eigenvalue weighted by Gasteiger charge is 2.45. The van der Waals surface area contributed by atoms with E-state index in [2.05, 4.69) is 45.0 Å². The first-order valence-corrected chi connectivity index (χ1v) is 15.7. The highest BCUT2D eigenvalue weighted by molar-refractivity contribution is 7.89. The fourth-order valence-electron chi connectivity index (χ4n) is 7.20. The van der Waals surface area contributed by atoms with Gasteiger partial charge >= 0.3 is 0 Å². The molecule has 0 amide bonds. The van der Waals surface area contributed by atoms with Gasteiger partial charge in [-0.15, -0.1) is 0 Å². The summed E-state index contributed by atoms with van der Waals surface area (Å²) in [5.74, 6) is 0.988. The van der Waals surface area contributed by atoms with Crippen molar-refractivity contribution in [2.75, 3.05) is 63.0 Å². The third-order valence-corrected chi connectivity index (χ3v) is 11.1. The number of phenolic OH excluding ortho intramolecular Hbond substituents is 1. The number of nitrogens with zero attached hydrogens (tertiary/aromatic N) is 4. The molecule has 4 heterocycles. The van der Waals surface area contributed by atoms with Gasteiger partial charge in [0.2, 0.25) is 10.0 Å². The molecule has 0 aromatic heterocycles. The Hall–Kier alpha value is -2.13. The first-order chi connectivity index (χ1) is 18.0. The fourth-order valence-corrected chi connectivity index (χ4v) is 9.01. The van der Waals surface area contributed by atoms with E-state index in [1.807, 2.05) is 16.4 Å². The second-order valence-electron chi connectivity index (χ2n) is 11.3. The number of rotatable bonds is 6. The van der Waals surface area contributed by atoms with E-state index >= 15 is 0 Å². The lowest BCUT2D eigenvalue weighted by atomic mass is 9.77. The molecule has 0 spiro atoms. The Morgan fingerprint density at radius 2 is 1.76 bits per heavy atom. The Bertz CT molecular complexity index is 1180. The molecule has 200 valence electrons. The third kappa shape index (κ3) is 5.26. The highest BCUT2D eigenvalue weighted by atomic mass is 32.2. The quantitative estimate of drug-likeness (QED) is 0.626. The number of anilines is 1. The summed E-state index contributed by atoms with van der Waals surface area (Å²) in [4.78, 5) is 7.39. The molecule has 0 bridgehead atoms. The second kappa shape index (κ2) is 10.6. The summed E-state index contributed by atoms with van der Waals surface area (Å²) in [5.41, 5.74) is 3.77. The van der Waals surface area contributed by atoms with Gasteiger partial charge in [0.25, 0.3) is 0 Å². The van der Waals surface area contributed by atoms with Crippen LogP contribution in [0.2, 0.25) is 0 Å². The van der Waals surface area contributed by atoms with Gasteiger partial charge in [0.15, 0.2) is 0 Å². The third-order valence-electron chi connectivity index (χ3n) is 9.12. The van der Waals surface area contributed by atoms with Crippen LogP contribution in [0.5, 0.6) is 5.75 Å². The van der Waals surface area contributed by atoms with Gasteiger partial charge in [-0.3, -0.25) is 9.80 Å². The van der Waals surface area contributed by atoms with Crippen molar-refractivity contribution >= 4 is 15.7 Å². The zero-order valence-corrected chi connectivity index (χ0v) is 22.5. The minimum Gasteiger partial charge on any atom is -0.508 e. The summed E-state index contributed by atoms with van der Waals surface area (Å²) in [5, 5.41) is 9.96. The van der Waals surface area contributed by atoms with Crippen LogP contribution >= 0.6 is 0 Å². The van der Waals surface area contributed by atoms with Crippen LogP contribution in [0.25, 0.3) is 0 Å². The molecule has 1 N–H and O–H groups in total. The Kier molecular flexibility index (Phi) is 7.18. The molecule has 4 aliphatic rings. The summed E-state index contributed by atoms with van der Waals surface area (Å²) in [6, 6.07) is 16.6. The molecule has 2 aromatic carbocycles. The number of hydrogen-bond donors (Lipinski definition) is 1. The lowest BCUT2D eigenvalue weighted by molar-refractivity contribution is 0.0219. The normalized spacial score (nSPS) is 27.4. The van der Waals surface area contributed by atoms with Crippen LogP contribution in [0.15, 0.2) is 48.5 Å². The van der Waals surface area contributed by atoms with Crippen molar-refractivity contribution in [3.63, 3.8) is 0 Å². The zero-order chi connectivity index (χ0) is 25.4. The minimum absolute atomic E-state index is 0.0918. The number of phenols is 1. The van der Waals surface area contributed by atoms with Crippen LogP contribution < -0.4 is 4.90 Å². The fraction of sp³-hybridized carbons (Fsp3) is 0.586. The first kappa shape index (κ1) is 25.2. The van der Waals surface area contributed by atoms with Gasteiger partial charge < -0.3 is 10.0 Å². The largest absolute Gasteiger partial charge is 0.508 e. The predicted molar refractivity (Wildman–Crippen MR) is 147 cm³/mol. The number of aromatic hydroxyl groups is 1. The number of piperazine rings is 1. The van der Waals surface area contributed by atoms with E-state index in [-0.39, 0.29) is 17.8 Å². The molecule has 3 saturated heterocycles. The van der Waals surface area contributed by atoms with Gasteiger partial charge in [-0.05, 0) is 80.0 Å². The lowest BCUT2D eigenvalue weighted by Gasteiger charge is -2.51. The van der Waals surface area contributed by atoms with E-state index in [0.29, 0.717) is 24.6 Å². The molecule has 8 heteroatoms. The average Bonchev–Trinajstić information content (AvgIpc) is 2.92. The van der Waals surface area contributed by atoms with Crippen molar-refractivity contribution in [2.45, 2.75) is 44.2 Å². The molecule has 0 saturated carbocycles. The van der Waals surface area contributed by atoms with Crippen LogP contribution in [0, 0.1) is 5.92 Å². The SMILES string of the molecule is O=S(=O)(CCCN1CCN(c2ccccc2)CC1)N1CCC[C@@H]2CN3CCc4cc(O)ccc4[C@@H]3C[C@@H]21. The standard InChI is InChI=1S/C29H40N4O3S/c34-26-9-10-27-23(20-26)11-14-32-22-24-6-4-13-33(28(24)21-29(27)32)37(35,36)19-5-12-30-15-17-31(18-16-30)25-7-2-1-3-8-25/h1-3,7-10,20,24,28-29,34H,4-6,11-19,21-22H2/t24-,28+,29+/m1/s1. The summed E-state index contributed by atoms with van der Waals surface area (Å²) < 4.78 is 29.1. The van der Waals surface area contributed by atoms with Crippen LogP contribution in [0.4, 0.5) is 5.69 Å². The van der Waals surface area contributed by atoms with Gasteiger partial charge in [0, 0.05) is 63.6 Å². The van der Waals surface area contributed by atoms with Gasteiger partial charge in [-0.2, -0.15) is 4.31 Å². The van der Waals surface area contributed by atoms with Crippen molar-refractivity contribution in [2.24, 2.45) is 5.92 Å². The van der Waals surface area contributed by atoms with E-state index in [4.69, 9.17) is 0 Å². The second-order valence-corrected chi connectivity index (χ2v) is 13.3. The Morgan fingerprint density at radius 1 is 0.946 bits per heavy atom. The minimum atomic E-state index is -3.29. The van der Waals surface area contributed by atoms with E-state index in [9.17, 15) is 13.5 Å². The molecule has 7 nitrogen and oxygen atoms in total. The molecule has 37 heavy (non-hydrogen) atoms. The molecule has 4 aliphatic heterocycles.